The Labute approximate surface area is 116 Å². The molecule has 19 heavy (non-hydrogen) atoms. The summed E-state index contributed by atoms with van der Waals surface area (Å²) < 4.78 is 0. The van der Waals surface area contributed by atoms with Crippen LogP contribution in [0.4, 0.5) is 5.69 Å². The molecule has 2 rings (SSSR count). The molecule has 0 radical (unpaired) electrons. The SMILES string of the molecule is Cc1cccc(N2C(=O)CC(C)(C)NCC2(C)C)c1. The van der Waals surface area contributed by atoms with Crippen LogP contribution in [0.5, 0.6) is 0 Å². The number of carbonyl (C=O) groups is 1. The first-order valence-electron chi connectivity index (χ1n) is 6.86. The minimum Gasteiger partial charge on any atom is -0.309 e. The van der Waals surface area contributed by atoms with Crippen molar-refractivity contribution in [1.82, 2.24) is 5.32 Å². The first-order chi connectivity index (χ1) is 8.71. The van der Waals surface area contributed by atoms with Crippen molar-refractivity contribution >= 4 is 11.6 Å². The van der Waals surface area contributed by atoms with Crippen LogP contribution in [-0.2, 0) is 4.79 Å². The lowest BCUT2D eigenvalue weighted by Crippen LogP contribution is -2.51. The highest BCUT2D eigenvalue weighted by Crippen LogP contribution is 2.30. The number of rotatable bonds is 1. The Morgan fingerprint density at radius 2 is 1.89 bits per heavy atom. The third kappa shape index (κ3) is 2.98. The normalized spacial score (nSPS) is 22.2. The standard InChI is InChI=1S/C16H24N2O/c1-12-7-6-8-13(9-12)18-14(19)10-15(2,3)17-11-16(18,4)5/h6-9,17H,10-11H2,1-5H3. The number of aryl methyl sites for hydroxylation is 1. The number of carbonyl (C=O) groups excluding carboxylic acids is 1. The van der Waals surface area contributed by atoms with Gasteiger partial charge in [-0.1, -0.05) is 12.1 Å². The van der Waals surface area contributed by atoms with E-state index in [0.29, 0.717) is 6.42 Å². The lowest BCUT2D eigenvalue weighted by Gasteiger charge is -2.37. The summed E-state index contributed by atoms with van der Waals surface area (Å²) in [5, 5.41) is 3.49. The molecule has 0 aliphatic carbocycles. The van der Waals surface area contributed by atoms with Gasteiger partial charge < -0.3 is 10.2 Å². The van der Waals surface area contributed by atoms with E-state index in [4.69, 9.17) is 0 Å². The zero-order valence-electron chi connectivity index (χ0n) is 12.6. The van der Waals surface area contributed by atoms with Crippen molar-refractivity contribution in [3.63, 3.8) is 0 Å². The van der Waals surface area contributed by atoms with E-state index in [2.05, 4.69) is 52.1 Å². The van der Waals surface area contributed by atoms with Gasteiger partial charge in [0, 0.05) is 24.2 Å². The summed E-state index contributed by atoms with van der Waals surface area (Å²) in [6, 6.07) is 8.17. The van der Waals surface area contributed by atoms with Crippen molar-refractivity contribution in [2.24, 2.45) is 0 Å². The molecule has 1 N–H and O–H groups in total. The molecule has 104 valence electrons. The number of nitrogens with zero attached hydrogens (tertiary/aromatic N) is 1. The summed E-state index contributed by atoms with van der Waals surface area (Å²) in [5.41, 5.74) is 1.80. The van der Waals surface area contributed by atoms with E-state index in [9.17, 15) is 4.79 Å². The van der Waals surface area contributed by atoms with Gasteiger partial charge in [-0.2, -0.15) is 0 Å². The zero-order valence-corrected chi connectivity index (χ0v) is 12.6. The van der Waals surface area contributed by atoms with Crippen LogP contribution in [0.15, 0.2) is 24.3 Å². The monoisotopic (exact) mass is 260 g/mol. The lowest BCUT2D eigenvalue weighted by atomic mass is 10.0. The van der Waals surface area contributed by atoms with Crippen molar-refractivity contribution in [2.75, 3.05) is 11.4 Å². The van der Waals surface area contributed by atoms with E-state index in [-0.39, 0.29) is 17.0 Å². The van der Waals surface area contributed by atoms with Gasteiger partial charge in [0.15, 0.2) is 0 Å². The van der Waals surface area contributed by atoms with Gasteiger partial charge in [0.1, 0.15) is 0 Å². The Bertz CT molecular complexity index is 491. The van der Waals surface area contributed by atoms with Gasteiger partial charge in [0.25, 0.3) is 0 Å². The number of amides is 1. The molecule has 0 unspecified atom stereocenters. The Morgan fingerprint density at radius 1 is 1.21 bits per heavy atom. The number of hydrogen-bond donors (Lipinski definition) is 1. The molecule has 1 saturated heterocycles. The van der Waals surface area contributed by atoms with E-state index in [1.54, 1.807) is 0 Å². The lowest BCUT2D eigenvalue weighted by molar-refractivity contribution is -0.120. The molecule has 1 aliphatic heterocycles. The molecule has 0 atom stereocenters. The van der Waals surface area contributed by atoms with E-state index >= 15 is 0 Å². The highest BCUT2D eigenvalue weighted by molar-refractivity contribution is 5.95. The minimum atomic E-state index is -0.224. The molecule has 1 amide bonds. The molecule has 1 heterocycles. The van der Waals surface area contributed by atoms with Crippen LogP contribution >= 0.6 is 0 Å². The molecule has 0 saturated carbocycles. The van der Waals surface area contributed by atoms with Gasteiger partial charge in [0.2, 0.25) is 5.91 Å². The predicted molar refractivity (Wildman–Crippen MR) is 79.4 cm³/mol. The van der Waals surface area contributed by atoms with Crippen molar-refractivity contribution < 1.29 is 4.79 Å². The smallest absolute Gasteiger partial charge is 0.229 e. The largest absolute Gasteiger partial charge is 0.309 e. The van der Waals surface area contributed by atoms with Crippen molar-refractivity contribution in [1.29, 1.82) is 0 Å². The molecule has 0 spiro atoms. The average molecular weight is 260 g/mol. The number of hydrogen-bond acceptors (Lipinski definition) is 2. The molecular formula is C16H24N2O. The topological polar surface area (TPSA) is 32.3 Å². The maximum Gasteiger partial charge on any atom is 0.229 e. The Kier molecular flexibility index (Phi) is 3.43. The van der Waals surface area contributed by atoms with Crippen molar-refractivity contribution in [3.05, 3.63) is 29.8 Å². The maximum absolute atomic E-state index is 12.6. The molecular weight excluding hydrogens is 236 g/mol. The van der Waals surface area contributed by atoms with Crippen LogP contribution in [0, 0.1) is 6.92 Å². The van der Waals surface area contributed by atoms with Crippen LogP contribution in [0.25, 0.3) is 0 Å². The fraction of sp³-hybridized carbons (Fsp3) is 0.562. The predicted octanol–water partition coefficient (Wildman–Crippen LogP) is 2.88. The van der Waals surface area contributed by atoms with Gasteiger partial charge in [-0.25, -0.2) is 0 Å². The van der Waals surface area contributed by atoms with Gasteiger partial charge in [-0.05, 0) is 52.3 Å². The summed E-state index contributed by atoms with van der Waals surface area (Å²) in [7, 11) is 0. The van der Waals surface area contributed by atoms with Gasteiger partial charge in [-0.3, -0.25) is 4.79 Å². The van der Waals surface area contributed by atoms with Gasteiger partial charge in [-0.15, -0.1) is 0 Å². The highest BCUT2D eigenvalue weighted by atomic mass is 16.2. The first-order valence-corrected chi connectivity index (χ1v) is 6.86. The van der Waals surface area contributed by atoms with Crippen LogP contribution in [0.1, 0.15) is 39.7 Å². The van der Waals surface area contributed by atoms with Crippen LogP contribution in [-0.4, -0.2) is 23.5 Å². The van der Waals surface area contributed by atoms with Gasteiger partial charge >= 0.3 is 0 Å². The number of benzene rings is 1. The molecule has 1 aliphatic rings. The summed E-state index contributed by atoms with van der Waals surface area (Å²) in [4.78, 5) is 14.6. The Hall–Kier alpha value is -1.35. The quantitative estimate of drug-likeness (QED) is 0.842. The van der Waals surface area contributed by atoms with Gasteiger partial charge in [0.05, 0.1) is 5.54 Å². The average Bonchev–Trinajstić information content (AvgIpc) is 2.33. The van der Waals surface area contributed by atoms with Crippen molar-refractivity contribution in [2.45, 2.75) is 52.1 Å². The number of nitrogens with one attached hydrogen (secondary N) is 1. The van der Waals surface area contributed by atoms with E-state index in [1.165, 1.54) is 5.56 Å². The molecule has 1 aromatic rings. The molecule has 3 heteroatoms. The first kappa shape index (κ1) is 14.1. The second-order valence-electron chi connectivity index (χ2n) is 6.79. The summed E-state index contributed by atoms with van der Waals surface area (Å²) in [5.74, 6) is 0.186. The Morgan fingerprint density at radius 3 is 2.53 bits per heavy atom. The van der Waals surface area contributed by atoms with E-state index in [0.717, 1.165) is 12.2 Å². The molecule has 1 aromatic carbocycles. The van der Waals surface area contributed by atoms with Crippen LogP contribution in [0.3, 0.4) is 0 Å². The number of anilines is 1. The second-order valence-corrected chi connectivity index (χ2v) is 6.79. The highest BCUT2D eigenvalue weighted by Gasteiger charge is 2.39. The summed E-state index contributed by atoms with van der Waals surface area (Å²) in [6.45, 7) is 11.2. The van der Waals surface area contributed by atoms with E-state index in [1.807, 2.05) is 17.0 Å². The maximum atomic E-state index is 12.6. The molecule has 0 bridgehead atoms. The van der Waals surface area contributed by atoms with Crippen LogP contribution in [0.2, 0.25) is 0 Å². The Balaban J connectivity index is 2.43. The molecule has 0 aromatic heterocycles. The van der Waals surface area contributed by atoms with Crippen LogP contribution < -0.4 is 10.2 Å². The minimum absolute atomic E-state index is 0.146. The summed E-state index contributed by atoms with van der Waals surface area (Å²) >= 11 is 0. The van der Waals surface area contributed by atoms with E-state index < -0.39 is 0 Å². The third-order valence-electron chi connectivity index (χ3n) is 3.71. The fourth-order valence-electron chi connectivity index (χ4n) is 2.65. The molecule has 3 nitrogen and oxygen atoms in total. The summed E-state index contributed by atoms with van der Waals surface area (Å²) in [6.07, 6.45) is 0.518. The fourth-order valence-corrected chi connectivity index (χ4v) is 2.65. The second kappa shape index (κ2) is 4.64. The zero-order chi connectivity index (χ0) is 14.3. The van der Waals surface area contributed by atoms with Crippen molar-refractivity contribution in [3.8, 4) is 0 Å². The molecule has 1 fully saturated rings. The third-order valence-corrected chi connectivity index (χ3v) is 3.71.